The van der Waals surface area contributed by atoms with Crippen LogP contribution >= 0.6 is 7.26 Å². The minimum atomic E-state index is -1.95. The van der Waals surface area contributed by atoms with Crippen LogP contribution in [-0.2, 0) is 0 Å². The van der Waals surface area contributed by atoms with Gasteiger partial charge in [-0.25, -0.2) is 0 Å². The second kappa shape index (κ2) is 8.18. The first-order valence-corrected chi connectivity index (χ1v) is 13.7. The Morgan fingerprint density at radius 1 is 0.618 bits per heavy atom. The molecule has 0 N–H and O–H groups in total. The fourth-order valence-corrected chi connectivity index (χ4v) is 8.70. The summed E-state index contributed by atoms with van der Waals surface area (Å²) in [4.78, 5) is 28.1. The van der Waals surface area contributed by atoms with Gasteiger partial charge in [0.15, 0.2) is 0 Å². The molecule has 34 heavy (non-hydrogen) atoms. The van der Waals surface area contributed by atoms with Gasteiger partial charge in [-0.15, -0.1) is 0 Å². The van der Waals surface area contributed by atoms with E-state index in [1.54, 1.807) is 24.3 Å². The van der Waals surface area contributed by atoms with E-state index in [0.29, 0.717) is 17.2 Å². The quantitative estimate of drug-likeness (QED) is 0.299. The van der Waals surface area contributed by atoms with Crippen LogP contribution in [0.1, 0.15) is 52.6 Å². The van der Waals surface area contributed by atoms with Crippen LogP contribution in [0, 0.1) is 6.04 Å². The van der Waals surface area contributed by atoms with Gasteiger partial charge >= 0.3 is 0 Å². The molecule has 2 aliphatic rings. The summed E-state index contributed by atoms with van der Waals surface area (Å²) in [7, 11) is -1.95. The number of hydrogen-bond acceptors (Lipinski definition) is 2. The lowest BCUT2D eigenvalue weighted by Crippen LogP contribution is -2.34. The maximum atomic E-state index is 13.4. The van der Waals surface area contributed by atoms with Gasteiger partial charge < -0.3 is 0 Å². The maximum Gasteiger partial charge on any atom is 0.262 e. The summed E-state index contributed by atoms with van der Waals surface area (Å²) in [6.07, 6.45) is 4.17. The summed E-state index contributed by atoms with van der Waals surface area (Å²) < 4.78 is 0. The summed E-state index contributed by atoms with van der Waals surface area (Å²) in [5.74, 6) is -0.527. The predicted molar refractivity (Wildman–Crippen MR) is 142 cm³/mol. The fraction of sp³-hybridized carbons (Fsp3) is 0.167. The summed E-state index contributed by atoms with van der Waals surface area (Å²) in [6, 6.07) is 28.4. The molecule has 0 spiro atoms. The highest BCUT2D eigenvalue weighted by atomic mass is 31.2. The molecule has 3 aromatic rings. The normalized spacial score (nSPS) is 17.9. The highest BCUT2D eigenvalue weighted by Gasteiger charge is 2.56. The summed E-state index contributed by atoms with van der Waals surface area (Å²) in [6.45, 7) is 9.26. The molecule has 3 aromatic carbocycles. The van der Waals surface area contributed by atoms with Crippen molar-refractivity contribution in [3.8, 4) is 0 Å². The average Bonchev–Trinajstić information content (AvgIpc) is 3.10. The Kier molecular flexibility index (Phi) is 5.41. The number of carbonyl (C=O) groups excluding carboxylic acids is 2. The number of hydrogen-bond donors (Lipinski definition) is 0. The molecule has 169 valence electrons. The minimum Gasteiger partial charge on any atom is -0.269 e. The van der Waals surface area contributed by atoms with Crippen LogP contribution in [0.4, 0.5) is 0 Å². The first-order valence-electron chi connectivity index (χ1n) is 11.5. The van der Waals surface area contributed by atoms with Gasteiger partial charge in [0.05, 0.1) is 30.2 Å². The number of imide groups is 1. The van der Waals surface area contributed by atoms with Crippen molar-refractivity contribution in [2.75, 3.05) is 6.66 Å². The van der Waals surface area contributed by atoms with Crippen molar-refractivity contribution in [2.45, 2.75) is 25.9 Å². The molecule has 0 saturated heterocycles. The van der Waals surface area contributed by atoms with Crippen molar-refractivity contribution in [2.24, 2.45) is 0 Å². The molecule has 0 atom stereocenters. The van der Waals surface area contributed by atoms with Gasteiger partial charge in [-0.1, -0.05) is 72.8 Å². The third kappa shape index (κ3) is 3.38. The Hall–Kier alpha value is -3.29. The second-order valence-electron chi connectivity index (χ2n) is 9.88. The molecule has 2 aliphatic heterocycles. The van der Waals surface area contributed by atoms with E-state index >= 15 is 0 Å². The van der Waals surface area contributed by atoms with E-state index in [9.17, 15) is 9.59 Å². The molecule has 4 heteroatoms. The van der Waals surface area contributed by atoms with Crippen LogP contribution in [0.15, 0.2) is 97.1 Å². The maximum absolute atomic E-state index is 13.4. The molecule has 0 bridgehead atoms. The van der Waals surface area contributed by atoms with Crippen LogP contribution in [0.5, 0.6) is 0 Å². The molecule has 2 amide bonds. The van der Waals surface area contributed by atoms with Gasteiger partial charge in [-0.2, -0.15) is 0 Å². The van der Waals surface area contributed by atoms with E-state index in [1.807, 2.05) is 36.4 Å². The first kappa shape index (κ1) is 22.5. The Balaban J connectivity index is 1.75. The number of rotatable bonds is 3. The van der Waals surface area contributed by atoms with E-state index in [-0.39, 0.29) is 17.0 Å². The Morgan fingerprint density at radius 3 is 1.38 bits per heavy atom. The van der Waals surface area contributed by atoms with Crippen molar-refractivity contribution < 1.29 is 9.59 Å². The number of carbonyl (C=O) groups is 2. The van der Waals surface area contributed by atoms with E-state index in [1.165, 1.54) is 15.5 Å². The SMILES string of the molecule is CC(C)(C)[P+]1(C)C(c2ccccc2)=C[C](N2C(=O)c3ccccc3C2=O)C=C1c1ccccc1. The third-order valence-electron chi connectivity index (χ3n) is 7.07. The molecular weight excluding hydrogens is 437 g/mol. The van der Waals surface area contributed by atoms with Crippen LogP contribution in [0.25, 0.3) is 10.6 Å². The highest BCUT2D eigenvalue weighted by molar-refractivity contribution is 7.94. The lowest BCUT2D eigenvalue weighted by Gasteiger charge is -2.41. The second-order valence-corrected chi connectivity index (χ2v) is 14.2. The molecule has 0 aliphatic carbocycles. The number of nitrogens with zero attached hydrogens (tertiary/aromatic N) is 1. The van der Waals surface area contributed by atoms with Gasteiger partial charge in [0.1, 0.15) is 16.7 Å². The Labute approximate surface area is 202 Å². The standard InChI is InChI=1S/C30H28NO2P/c1-30(2,3)34(4)26(21-13-7-5-8-14-21)19-23(20-27(34)22-15-9-6-10-16-22)31-28(32)24-17-11-12-18-25(24)29(31)33/h5-20H,1-4H3/q+1. The lowest BCUT2D eigenvalue weighted by molar-refractivity contribution is 0.0687. The summed E-state index contributed by atoms with van der Waals surface area (Å²) in [5, 5.41) is 2.37. The zero-order chi connectivity index (χ0) is 24.1. The molecule has 2 heterocycles. The van der Waals surface area contributed by atoms with Crippen LogP contribution in [-0.4, -0.2) is 28.5 Å². The molecule has 0 fully saturated rings. The molecule has 5 rings (SSSR count). The number of fused-ring (bicyclic) bond motifs is 1. The lowest BCUT2D eigenvalue weighted by atomic mass is 10.1. The first-order chi connectivity index (χ1) is 16.2. The van der Waals surface area contributed by atoms with Gasteiger partial charge in [-0.3, -0.25) is 14.5 Å². The Morgan fingerprint density at radius 2 is 1.00 bits per heavy atom. The summed E-state index contributed by atoms with van der Waals surface area (Å²) >= 11 is 0. The molecule has 0 aromatic heterocycles. The van der Waals surface area contributed by atoms with Crippen LogP contribution < -0.4 is 0 Å². The van der Waals surface area contributed by atoms with Gasteiger partial charge in [0, 0.05) is 11.1 Å². The minimum absolute atomic E-state index is 0.0378. The van der Waals surface area contributed by atoms with Crippen molar-refractivity contribution in [3.05, 3.63) is 125 Å². The predicted octanol–water partition coefficient (Wildman–Crippen LogP) is 7.36. The van der Waals surface area contributed by atoms with E-state index < -0.39 is 7.26 Å². The highest BCUT2D eigenvalue weighted by Crippen LogP contribution is 2.83. The zero-order valence-electron chi connectivity index (χ0n) is 19.9. The van der Waals surface area contributed by atoms with Gasteiger partial charge in [0.2, 0.25) is 0 Å². The third-order valence-corrected chi connectivity index (χ3v) is 12.5. The van der Waals surface area contributed by atoms with Gasteiger partial charge in [0.25, 0.3) is 11.8 Å². The van der Waals surface area contributed by atoms with Crippen LogP contribution in [0.2, 0.25) is 0 Å². The molecule has 0 saturated carbocycles. The number of amides is 2. The molecule has 1 radical (unpaired) electrons. The molecule has 3 nitrogen and oxygen atoms in total. The molecule has 0 unspecified atom stereocenters. The smallest absolute Gasteiger partial charge is 0.262 e. The van der Waals surface area contributed by atoms with Gasteiger partial charge in [-0.05, 0) is 45.1 Å². The van der Waals surface area contributed by atoms with Crippen molar-refractivity contribution in [3.63, 3.8) is 0 Å². The topological polar surface area (TPSA) is 37.4 Å². The van der Waals surface area contributed by atoms with E-state index in [4.69, 9.17) is 0 Å². The number of benzene rings is 3. The fourth-order valence-electron chi connectivity index (χ4n) is 4.89. The average molecular weight is 466 g/mol. The van der Waals surface area contributed by atoms with E-state index in [2.05, 4.69) is 63.9 Å². The summed E-state index contributed by atoms with van der Waals surface area (Å²) in [5.41, 5.74) is 3.18. The van der Waals surface area contributed by atoms with Crippen molar-refractivity contribution in [1.29, 1.82) is 0 Å². The van der Waals surface area contributed by atoms with E-state index in [0.717, 1.165) is 11.1 Å². The monoisotopic (exact) mass is 465 g/mol. The Bertz CT molecular complexity index is 1240. The van der Waals surface area contributed by atoms with Crippen molar-refractivity contribution >= 4 is 29.7 Å². The molecular formula is C30H28NO2P+. The zero-order valence-corrected chi connectivity index (χ0v) is 20.8. The largest absolute Gasteiger partial charge is 0.269 e. The van der Waals surface area contributed by atoms with Crippen LogP contribution in [0.3, 0.4) is 0 Å². The van der Waals surface area contributed by atoms with Crippen molar-refractivity contribution in [1.82, 2.24) is 4.90 Å².